The highest BCUT2D eigenvalue weighted by Crippen LogP contribution is 2.28. The Morgan fingerprint density at radius 3 is 2.38 bits per heavy atom. The molecule has 0 saturated carbocycles. The first-order valence-corrected chi connectivity index (χ1v) is 7.99. The highest BCUT2D eigenvalue weighted by molar-refractivity contribution is 7.14. The topological polar surface area (TPSA) is 85.1 Å². The molecule has 0 fully saturated rings. The van der Waals surface area contributed by atoms with E-state index in [0.29, 0.717) is 10.7 Å². The number of aromatic nitrogens is 1. The van der Waals surface area contributed by atoms with Crippen molar-refractivity contribution in [2.45, 2.75) is 6.92 Å². The number of hydrogen-bond donors (Lipinski definition) is 1. The molecule has 3 aromatic rings. The first-order chi connectivity index (χ1) is 11.5. The normalized spacial score (nSPS) is 10.4. The van der Waals surface area contributed by atoms with Crippen LogP contribution in [0.15, 0.2) is 53.9 Å². The van der Waals surface area contributed by atoms with Gasteiger partial charge in [-0.1, -0.05) is 0 Å². The van der Waals surface area contributed by atoms with Crippen LogP contribution < -0.4 is 5.32 Å². The monoisotopic (exact) mass is 339 g/mol. The van der Waals surface area contributed by atoms with Gasteiger partial charge in [-0.2, -0.15) is 0 Å². The third kappa shape index (κ3) is 3.47. The first-order valence-electron chi connectivity index (χ1n) is 7.11. The van der Waals surface area contributed by atoms with Crippen molar-refractivity contribution in [3.63, 3.8) is 0 Å². The molecular formula is C17H13N3O3S. The molecular weight excluding hydrogens is 326 g/mol. The van der Waals surface area contributed by atoms with E-state index in [1.54, 1.807) is 24.3 Å². The molecule has 0 spiro atoms. The molecule has 2 aromatic carbocycles. The molecule has 0 radical (unpaired) electrons. The number of thiazole rings is 1. The molecule has 120 valence electrons. The van der Waals surface area contributed by atoms with E-state index < -0.39 is 4.92 Å². The molecule has 7 heteroatoms. The first kappa shape index (κ1) is 15.8. The van der Waals surface area contributed by atoms with Crippen LogP contribution in [0.3, 0.4) is 0 Å². The molecule has 1 heterocycles. The Balaban J connectivity index is 1.75. The summed E-state index contributed by atoms with van der Waals surface area (Å²) in [6, 6.07) is 13.4. The van der Waals surface area contributed by atoms with Gasteiger partial charge in [0, 0.05) is 34.3 Å². The standard InChI is InChI=1S/C17H13N3O3S/c1-11(21)12-2-6-14(7-3-12)18-17-19-16(10-24-17)13-4-8-15(9-5-13)20(22)23/h2-10H,1H3,(H,18,19). The fourth-order valence-corrected chi connectivity index (χ4v) is 2.87. The number of nitrogens with zero attached hydrogens (tertiary/aromatic N) is 2. The van der Waals surface area contributed by atoms with E-state index in [2.05, 4.69) is 10.3 Å². The zero-order valence-corrected chi connectivity index (χ0v) is 13.5. The Hall–Kier alpha value is -3.06. The van der Waals surface area contributed by atoms with Crippen LogP contribution in [0.1, 0.15) is 17.3 Å². The summed E-state index contributed by atoms with van der Waals surface area (Å²) in [5, 5.41) is 16.5. The van der Waals surface area contributed by atoms with Crippen LogP contribution in [0, 0.1) is 10.1 Å². The van der Waals surface area contributed by atoms with Gasteiger partial charge in [0.15, 0.2) is 10.9 Å². The lowest BCUT2D eigenvalue weighted by Gasteiger charge is -2.03. The molecule has 0 unspecified atom stereocenters. The number of carbonyl (C=O) groups is 1. The van der Waals surface area contributed by atoms with Crippen molar-refractivity contribution < 1.29 is 9.72 Å². The third-order valence-corrected chi connectivity index (χ3v) is 4.18. The van der Waals surface area contributed by atoms with Crippen molar-refractivity contribution in [3.8, 4) is 11.3 Å². The Kier molecular flexibility index (Phi) is 4.35. The minimum absolute atomic E-state index is 0.0243. The minimum atomic E-state index is -0.428. The fraction of sp³-hybridized carbons (Fsp3) is 0.0588. The average molecular weight is 339 g/mol. The van der Waals surface area contributed by atoms with Gasteiger partial charge in [0.1, 0.15) is 0 Å². The van der Waals surface area contributed by atoms with Gasteiger partial charge in [-0.15, -0.1) is 11.3 Å². The highest BCUT2D eigenvalue weighted by Gasteiger charge is 2.08. The second-order valence-corrected chi connectivity index (χ2v) is 5.96. The molecule has 0 atom stereocenters. The summed E-state index contributed by atoms with van der Waals surface area (Å²) in [4.78, 5) is 26.0. The van der Waals surface area contributed by atoms with Gasteiger partial charge in [0.2, 0.25) is 0 Å². The van der Waals surface area contributed by atoms with Crippen LogP contribution in [0.25, 0.3) is 11.3 Å². The molecule has 6 nitrogen and oxygen atoms in total. The zero-order chi connectivity index (χ0) is 17.1. The summed E-state index contributed by atoms with van der Waals surface area (Å²) in [5.41, 5.74) is 3.11. The molecule has 0 saturated heterocycles. The van der Waals surface area contributed by atoms with Gasteiger partial charge >= 0.3 is 0 Å². The lowest BCUT2D eigenvalue weighted by atomic mass is 10.1. The zero-order valence-electron chi connectivity index (χ0n) is 12.7. The Morgan fingerprint density at radius 1 is 1.12 bits per heavy atom. The highest BCUT2D eigenvalue weighted by atomic mass is 32.1. The molecule has 0 aliphatic heterocycles. The van der Waals surface area contributed by atoms with Crippen molar-refractivity contribution >= 4 is 33.6 Å². The molecule has 1 aromatic heterocycles. The Labute approximate surface area is 141 Å². The second kappa shape index (κ2) is 6.59. The Bertz CT molecular complexity index is 886. The van der Waals surface area contributed by atoms with Crippen molar-refractivity contribution in [1.29, 1.82) is 0 Å². The number of nitrogens with one attached hydrogen (secondary N) is 1. The summed E-state index contributed by atoms with van der Waals surface area (Å²) in [5.74, 6) is 0.0243. The number of nitro groups is 1. The van der Waals surface area contributed by atoms with Crippen molar-refractivity contribution in [1.82, 2.24) is 4.98 Å². The van der Waals surface area contributed by atoms with E-state index in [0.717, 1.165) is 16.9 Å². The summed E-state index contributed by atoms with van der Waals surface area (Å²) in [6.07, 6.45) is 0. The number of benzene rings is 2. The van der Waals surface area contributed by atoms with Gasteiger partial charge in [-0.25, -0.2) is 4.98 Å². The summed E-state index contributed by atoms with van der Waals surface area (Å²) >= 11 is 1.44. The molecule has 0 bridgehead atoms. The maximum Gasteiger partial charge on any atom is 0.269 e. The molecule has 24 heavy (non-hydrogen) atoms. The third-order valence-electron chi connectivity index (χ3n) is 3.42. The van der Waals surface area contributed by atoms with Gasteiger partial charge in [0.05, 0.1) is 10.6 Å². The molecule has 0 amide bonds. The lowest BCUT2D eigenvalue weighted by molar-refractivity contribution is -0.384. The van der Waals surface area contributed by atoms with E-state index in [4.69, 9.17) is 0 Å². The van der Waals surface area contributed by atoms with Gasteiger partial charge in [0.25, 0.3) is 5.69 Å². The molecule has 0 aliphatic rings. The van der Waals surface area contributed by atoms with Crippen LogP contribution in [-0.2, 0) is 0 Å². The van der Waals surface area contributed by atoms with E-state index in [9.17, 15) is 14.9 Å². The van der Waals surface area contributed by atoms with Gasteiger partial charge < -0.3 is 5.32 Å². The van der Waals surface area contributed by atoms with Crippen LogP contribution in [0.2, 0.25) is 0 Å². The SMILES string of the molecule is CC(=O)c1ccc(Nc2nc(-c3ccc([N+](=O)[O-])cc3)cs2)cc1. The van der Waals surface area contributed by atoms with Crippen LogP contribution in [0.4, 0.5) is 16.5 Å². The minimum Gasteiger partial charge on any atom is -0.332 e. The number of rotatable bonds is 5. The largest absolute Gasteiger partial charge is 0.332 e. The summed E-state index contributed by atoms with van der Waals surface area (Å²) in [6.45, 7) is 1.53. The van der Waals surface area contributed by atoms with Crippen molar-refractivity contribution in [2.75, 3.05) is 5.32 Å². The molecule has 3 rings (SSSR count). The van der Waals surface area contributed by atoms with Gasteiger partial charge in [-0.05, 0) is 43.3 Å². The number of Topliss-reactive ketones (excluding diaryl/α,β-unsaturated/α-hetero) is 1. The number of nitro benzene ring substituents is 1. The van der Waals surface area contributed by atoms with E-state index in [1.165, 1.54) is 30.4 Å². The summed E-state index contributed by atoms with van der Waals surface area (Å²) < 4.78 is 0. The van der Waals surface area contributed by atoms with Crippen LogP contribution >= 0.6 is 11.3 Å². The van der Waals surface area contributed by atoms with Crippen molar-refractivity contribution in [3.05, 3.63) is 69.6 Å². The van der Waals surface area contributed by atoms with E-state index >= 15 is 0 Å². The van der Waals surface area contributed by atoms with Crippen molar-refractivity contribution in [2.24, 2.45) is 0 Å². The number of hydrogen-bond acceptors (Lipinski definition) is 6. The molecule has 0 aliphatic carbocycles. The average Bonchev–Trinajstić information content (AvgIpc) is 3.04. The fourth-order valence-electron chi connectivity index (χ4n) is 2.13. The number of anilines is 2. The van der Waals surface area contributed by atoms with Crippen LogP contribution in [0.5, 0.6) is 0 Å². The number of carbonyl (C=O) groups excluding carboxylic acids is 1. The van der Waals surface area contributed by atoms with Gasteiger partial charge in [-0.3, -0.25) is 14.9 Å². The maximum atomic E-state index is 11.3. The lowest BCUT2D eigenvalue weighted by Crippen LogP contribution is -1.93. The number of non-ortho nitro benzene ring substituents is 1. The second-order valence-electron chi connectivity index (χ2n) is 5.10. The smallest absolute Gasteiger partial charge is 0.269 e. The van der Waals surface area contributed by atoms with E-state index in [1.807, 2.05) is 17.5 Å². The van der Waals surface area contributed by atoms with Crippen LogP contribution in [-0.4, -0.2) is 15.7 Å². The predicted octanol–water partition coefficient (Wildman–Crippen LogP) is 4.66. The Morgan fingerprint density at radius 2 is 1.79 bits per heavy atom. The number of ketones is 1. The summed E-state index contributed by atoms with van der Waals surface area (Å²) in [7, 11) is 0. The van der Waals surface area contributed by atoms with E-state index in [-0.39, 0.29) is 11.5 Å². The maximum absolute atomic E-state index is 11.3. The molecule has 1 N–H and O–H groups in total. The predicted molar refractivity (Wildman–Crippen MR) is 93.9 cm³/mol. The quantitative estimate of drug-likeness (QED) is 0.415.